The van der Waals surface area contributed by atoms with Gasteiger partial charge in [0.15, 0.2) is 5.17 Å². The fourth-order valence-corrected chi connectivity index (χ4v) is 3.60. The van der Waals surface area contributed by atoms with Gasteiger partial charge in [0.1, 0.15) is 0 Å². The molecule has 0 unspecified atom stereocenters. The van der Waals surface area contributed by atoms with Crippen molar-refractivity contribution in [3.8, 4) is 0 Å². The van der Waals surface area contributed by atoms with E-state index in [1.807, 2.05) is 11.8 Å². The molecule has 0 bridgehead atoms. The second kappa shape index (κ2) is 6.47. The van der Waals surface area contributed by atoms with Crippen LogP contribution in [-0.2, 0) is 13.0 Å². The van der Waals surface area contributed by atoms with Gasteiger partial charge in [0.2, 0.25) is 0 Å². The first-order chi connectivity index (χ1) is 9.21. The second-order valence-electron chi connectivity index (χ2n) is 5.19. The highest BCUT2D eigenvalue weighted by atomic mass is 32.2. The number of thioether (sulfide) groups is 1. The summed E-state index contributed by atoms with van der Waals surface area (Å²) in [5, 5.41) is 4.72. The van der Waals surface area contributed by atoms with Gasteiger partial charge in [0.25, 0.3) is 0 Å². The van der Waals surface area contributed by atoms with Gasteiger partial charge in [-0.25, -0.2) is 0 Å². The van der Waals surface area contributed by atoms with Crippen LogP contribution in [0.25, 0.3) is 0 Å². The van der Waals surface area contributed by atoms with Crippen molar-refractivity contribution in [1.29, 1.82) is 0 Å². The van der Waals surface area contributed by atoms with Crippen molar-refractivity contribution < 1.29 is 0 Å². The first kappa shape index (κ1) is 14.4. The Morgan fingerprint density at radius 1 is 1.11 bits per heavy atom. The first-order valence-corrected chi connectivity index (χ1v) is 8.23. The summed E-state index contributed by atoms with van der Waals surface area (Å²) in [7, 11) is 0. The Morgan fingerprint density at radius 2 is 1.74 bits per heavy atom. The van der Waals surface area contributed by atoms with Crippen LogP contribution in [-0.4, -0.2) is 16.5 Å². The number of nitrogens with one attached hydrogen (secondary N) is 1. The molecule has 0 radical (unpaired) electrons. The van der Waals surface area contributed by atoms with Gasteiger partial charge >= 0.3 is 0 Å². The Bertz CT molecular complexity index is 433. The topological polar surface area (TPSA) is 24.4 Å². The highest BCUT2D eigenvalue weighted by molar-refractivity contribution is 8.14. The summed E-state index contributed by atoms with van der Waals surface area (Å²) in [6.45, 7) is 7.47. The van der Waals surface area contributed by atoms with Crippen LogP contribution in [0.1, 0.15) is 44.7 Å². The zero-order valence-electron chi connectivity index (χ0n) is 12.2. The summed E-state index contributed by atoms with van der Waals surface area (Å²) in [5.41, 5.74) is 2.95. The third-order valence-corrected chi connectivity index (χ3v) is 5.25. The van der Waals surface area contributed by atoms with Gasteiger partial charge in [-0.1, -0.05) is 56.8 Å². The third kappa shape index (κ3) is 3.53. The fraction of sp³-hybridized carbons (Fsp3) is 0.562. The maximum Gasteiger partial charge on any atom is 0.157 e. The van der Waals surface area contributed by atoms with Crippen LogP contribution < -0.4 is 5.32 Å². The number of aryl methyl sites for hydroxylation is 1. The standard InChI is InChI=1S/C16H24N2S/c1-4-13-7-9-14(10-8-13)11-17-15-18-16(5-2,6-3)12-19-15/h7-10H,4-6,11-12H2,1-3H3,(H,17,18). The molecule has 1 fully saturated rings. The van der Waals surface area contributed by atoms with E-state index >= 15 is 0 Å². The molecule has 0 aromatic heterocycles. The van der Waals surface area contributed by atoms with Gasteiger partial charge in [-0.3, -0.25) is 4.99 Å². The molecule has 1 saturated heterocycles. The molecule has 0 saturated carbocycles. The SMILES string of the molecule is CCc1ccc(CN=C2NC(CC)(CC)CS2)cc1. The first-order valence-electron chi connectivity index (χ1n) is 7.24. The van der Waals surface area contributed by atoms with E-state index in [1.54, 1.807) is 0 Å². The summed E-state index contributed by atoms with van der Waals surface area (Å²) < 4.78 is 0. The zero-order valence-corrected chi connectivity index (χ0v) is 13.0. The molecule has 0 spiro atoms. The number of amidine groups is 1. The Kier molecular flexibility index (Phi) is 4.92. The Labute approximate surface area is 121 Å². The molecule has 1 aliphatic rings. The number of rotatable bonds is 5. The van der Waals surface area contributed by atoms with Crippen molar-refractivity contribution in [3.05, 3.63) is 35.4 Å². The number of benzene rings is 1. The highest BCUT2D eigenvalue weighted by Crippen LogP contribution is 2.29. The molecule has 1 aromatic rings. The molecule has 1 heterocycles. The molecular weight excluding hydrogens is 252 g/mol. The summed E-state index contributed by atoms with van der Waals surface area (Å²) in [4.78, 5) is 4.71. The van der Waals surface area contributed by atoms with Gasteiger partial charge in [0.05, 0.1) is 6.54 Å². The molecule has 1 aliphatic heterocycles. The van der Waals surface area contributed by atoms with Crippen LogP contribution in [0.4, 0.5) is 0 Å². The number of hydrogen-bond acceptors (Lipinski definition) is 2. The maximum absolute atomic E-state index is 4.71. The predicted molar refractivity (Wildman–Crippen MR) is 85.9 cm³/mol. The van der Waals surface area contributed by atoms with Crippen LogP contribution in [0.2, 0.25) is 0 Å². The van der Waals surface area contributed by atoms with E-state index in [0.717, 1.165) is 23.9 Å². The lowest BCUT2D eigenvalue weighted by molar-refractivity contribution is 0.407. The van der Waals surface area contributed by atoms with E-state index in [9.17, 15) is 0 Å². The molecule has 1 N–H and O–H groups in total. The van der Waals surface area contributed by atoms with Crippen molar-refractivity contribution in [3.63, 3.8) is 0 Å². The minimum absolute atomic E-state index is 0.273. The highest BCUT2D eigenvalue weighted by Gasteiger charge is 2.33. The van der Waals surface area contributed by atoms with E-state index in [0.29, 0.717) is 0 Å². The van der Waals surface area contributed by atoms with Crippen molar-refractivity contribution in [1.82, 2.24) is 5.32 Å². The molecule has 19 heavy (non-hydrogen) atoms. The monoisotopic (exact) mass is 276 g/mol. The minimum atomic E-state index is 0.273. The van der Waals surface area contributed by atoms with Crippen LogP contribution in [0, 0.1) is 0 Å². The van der Waals surface area contributed by atoms with Crippen LogP contribution >= 0.6 is 11.8 Å². The van der Waals surface area contributed by atoms with Crippen molar-refractivity contribution in [2.45, 2.75) is 52.1 Å². The van der Waals surface area contributed by atoms with E-state index in [2.05, 4.69) is 50.4 Å². The summed E-state index contributed by atoms with van der Waals surface area (Å²) in [6.07, 6.45) is 3.43. The molecular formula is C16H24N2S. The minimum Gasteiger partial charge on any atom is -0.359 e. The lowest BCUT2D eigenvalue weighted by Gasteiger charge is -2.25. The lowest BCUT2D eigenvalue weighted by Crippen LogP contribution is -2.42. The molecule has 0 atom stereocenters. The molecule has 104 valence electrons. The largest absolute Gasteiger partial charge is 0.359 e. The normalized spacial score (nSPS) is 19.6. The van der Waals surface area contributed by atoms with Crippen LogP contribution in [0.15, 0.2) is 29.3 Å². The molecule has 2 nitrogen and oxygen atoms in total. The molecule has 3 heteroatoms. The Balaban J connectivity index is 1.96. The number of nitrogens with zero attached hydrogens (tertiary/aromatic N) is 1. The maximum atomic E-state index is 4.71. The third-order valence-electron chi connectivity index (χ3n) is 4.05. The molecule has 2 rings (SSSR count). The number of aliphatic imine (C=N–C) groups is 1. The summed E-state index contributed by atoms with van der Waals surface area (Å²) in [6, 6.07) is 8.78. The van der Waals surface area contributed by atoms with Gasteiger partial charge in [0, 0.05) is 11.3 Å². The zero-order chi connectivity index (χ0) is 13.7. The number of hydrogen-bond donors (Lipinski definition) is 1. The van der Waals surface area contributed by atoms with Gasteiger partial charge in [-0.05, 0) is 30.4 Å². The quantitative estimate of drug-likeness (QED) is 0.879. The van der Waals surface area contributed by atoms with Gasteiger partial charge < -0.3 is 5.32 Å². The molecule has 0 aliphatic carbocycles. The summed E-state index contributed by atoms with van der Waals surface area (Å²) in [5.74, 6) is 1.15. The summed E-state index contributed by atoms with van der Waals surface area (Å²) >= 11 is 1.86. The fourth-order valence-electron chi connectivity index (χ4n) is 2.27. The van der Waals surface area contributed by atoms with E-state index in [1.165, 1.54) is 24.0 Å². The average molecular weight is 276 g/mol. The van der Waals surface area contributed by atoms with E-state index in [-0.39, 0.29) is 5.54 Å². The second-order valence-corrected chi connectivity index (χ2v) is 6.16. The van der Waals surface area contributed by atoms with Crippen molar-refractivity contribution >= 4 is 16.9 Å². The van der Waals surface area contributed by atoms with Crippen LogP contribution in [0.5, 0.6) is 0 Å². The Morgan fingerprint density at radius 3 is 2.26 bits per heavy atom. The average Bonchev–Trinajstić information content (AvgIpc) is 2.90. The van der Waals surface area contributed by atoms with Gasteiger partial charge in [-0.2, -0.15) is 0 Å². The molecule has 1 aromatic carbocycles. The van der Waals surface area contributed by atoms with E-state index in [4.69, 9.17) is 4.99 Å². The molecule has 0 amide bonds. The smallest absolute Gasteiger partial charge is 0.157 e. The van der Waals surface area contributed by atoms with Crippen LogP contribution in [0.3, 0.4) is 0 Å². The van der Waals surface area contributed by atoms with Crippen molar-refractivity contribution in [2.24, 2.45) is 4.99 Å². The van der Waals surface area contributed by atoms with Crippen molar-refractivity contribution in [2.75, 3.05) is 5.75 Å². The Hall–Kier alpha value is -0.960. The van der Waals surface area contributed by atoms with E-state index < -0.39 is 0 Å². The predicted octanol–water partition coefficient (Wildman–Crippen LogP) is 4.00. The lowest BCUT2D eigenvalue weighted by atomic mass is 9.96. The van der Waals surface area contributed by atoms with Gasteiger partial charge in [-0.15, -0.1) is 0 Å².